The van der Waals surface area contributed by atoms with Gasteiger partial charge in [-0.25, -0.2) is 0 Å². The van der Waals surface area contributed by atoms with Gasteiger partial charge < -0.3 is 10.6 Å². The van der Waals surface area contributed by atoms with Gasteiger partial charge in [-0.1, -0.05) is 41.9 Å². The number of carbonyl (C=O) groups excluding carboxylic acids is 3. The maximum atomic E-state index is 13.2. The molecule has 142 valence electrons. The maximum Gasteiger partial charge on any atom is 0.291 e. The van der Waals surface area contributed by atoms with E-state index < -0.39 is 17.4 Å². The average molecular weight is 397 g/mol. The van der Waals surface area contributed by atoms with E-state index >= 15 is 0 Å². The lowest BCUT2D eigenvalue weighted by atomic mass is 9.76. The summed E-state index contributed by atoms with van der Waals surface area (Å²) in [5.74, 6) is -2.23. The zero-order valence-corrected chi connectivity index (χ0v) is 15.9. The van der Waals surface area contributed by atoms with E-state index in [4.69, 9.17) is 11.6 Å². The Balaban J connectivity index is 1.65. The van der Waals surface area contributed by atoms with Gasteiger partial charge in [0.1, 0.15) is 17.9 Å². The minimum Gasteiger partial charge on any atom is -0.326 e. The molecule has 3 amide bonds. The maximum absolute atomic E-state index is 13.2. The Morgan fingerprint density at radius 2 is 1.79 bits per heavy atom. The first-order chi connectivity index (χ1) is 13.4. The third kappa shape index (κ3) is 2.16. The fourth-order valence-electron chi connectivity index (χ4n) is 5.15. The highest BCUT2D eigenvalue weighted by Gasteiger charge is 2.72. The molecule has 1 spiro atoms. The van der Waals surface area contributed by atoms with Crippen molar-refractivity contribution in [3.05, 3.63) is 64.2 Å². The summed E-state index contributed by atoms with van der Waals surface area (Å²) in [6.07, 6.45) is 0.597. The molecule has 2 aromatic rings. The number of carbonyl (C=O) groups is 3. The van der Waals surface area contributed by atoms with E-state index in [2.05, 4.69) is 10.6 Å². The van der Waals surface area contributed by atoms with E-state index in [0.29, 0.717) is 17.1 Å². The van der Waals surface area contributed by atoms with Gasteiger partial charge >= 0.3 is 0 Å². The van der Waals surface area contributed by atoms with E-state index in [9.17, 15) is 14.4 Å². The fourth-order valence-corrected chi connectivity index (χ4v) is 5.31. The van der Waals surface area contributed by atoms with Crippen molar-refractivity contribution in [2.24, 2.45) is 11.8 Å². The van der Waals surface area contributed by atoms with Crippen LogP contribution < -0.4 is 16.0 Å². The van der Waals surface area contributed by atoms with Crippen LogP contribution in [-0.2, 0) is 26.3 Å². The van der Waals surface area contributed by atoms with Crippen LogP contribution in [0, 0.1) is 18.8 Å². The van der Waals surface area contributed by atoms with Crippen LogP contribution in [0.5, 0.6) is 0 Å². The van der Waals surface area contributed by atoms with Crippen molar-refractivity contribution in [3.63, 3.8) is 0 Å². The van der Waals surface area contributed by atoms with Crippen molar-refractivity contribution in [1.82, 2.24) is 5.32 Å². The summed E-state index contributed by atoms with van der Waals surface area (Å²) in [4.78, 5) is 38.7. The molecule has 4 atom stereocenters. The van der Waals surface area contributed by atoms with Crippen molar-refractivity contribution < 1.29 is 19.7 Å². The molecule has 4 N–H and O–H groups in total. The highest BCUT2D eigenvalue weighted by Crippen LogP contribution is 2.49. The van der Waals surface area contributed by atoms with Gasteiger partial charge in [-0.3, -0.25) is 19.7 Å². The van der Waals surface area contributed by atoms with Crippen LogP contribution in [0.4, 0.5) is 5.69 Å². The first-order valence-electron chi connectivity index (χ1n) is 9.29. The summed E-state index contributed by atoms with van der Waals surface area (Å²) in [5, 5.41) is 7.87. The molecule has 7 heteroatoms. The zero-order chi connectivity index (χ0) is 19.6. The third-order valence-corrected chi connectivity index (χ3v) is 6.80. The molecule has 3 aliphatic heterocycles. The summed E-state index contributed by atoms with van der Waals surface area (Å²) in [7, 11) is 0. The molecule has 3 aliphatic rings. The molecule has 0 bridgehead atoms. The molecule has 0 radical (unpaired) electrons. The van der Waals surface area contributed by atoms with E-state index in [0.717, 1.165) is 16.7 Å². The molecular weight excluding hydrogens is 378 g/mol. The van der Waals surface area contributed by atoms with Crippen LogP contribution in [0.2, 0.25) is 5.02 Å². The summed E-state index contributed by atoms with van der Waals surface area (Å²) >= 11 is 6.24. The predicted octanol–water partition coefficient (Wildman–Crippen LogP) is 0.873. The molecule has 0 saturated carbocycles. The first kappa shape index (κ1) is 17.4. The Morgan fingerprint density at radius 3 is 2.54 bits per heavy atom. The van der Waals surface area contributed by atoms with Gasteiger partial charge in [0.2, 0.25) is 17.4 Å². The van der Waals surface area contributed by atoms with Gasteiger partial charge in [0.15, 0.2) is 0 Å². The molecule has 5 rings (SSSR count). The number of quaternary nitrogens is 1. The molecule has 0 aliphatic carbocycles. The van der Waals surface area contributed by atoms with Crippen molar-refractivity contribution in [1.29, 1.82) is 0 Å². The number of nitrogens with two attached hydrogens (primary N) is 1. The first-order valence-corrected chi connectivity index (χ1v) is 9.67. The molecule has 3 heterocycles. The quantitative estimate of drug-likeness (QED) is 0.658. The summed E-state index contributed by atoms with van der Waals surface area (Å²) in [6.45, 7) is 1.84. The summed E-state index contributed by atoms with van der Waals surface area (Å²) in [6, 6.07) is 13.2. The number of halogens is 1. The number of hydrogen-bond donors (Lipinski definition) is 3. The smallest absolute Gasteiger partial charge is 0.291 e. The standard InChI is InChI=1S/C21H18ClN3O3/c1-10-13(22)8-7-12-17(10)23-20(28)21(12)16-15(18(26)24-19(16)27)14(25-21)9-11-5-3-2-4-6-11/h2-8,14-16,25H,9H2,1H3,(H,23,28)(H,24,26,27)/p+1/t14-,15+,16-,21+/m0/s1. The van der Waals surface area contributed by atoms with Crippen LogP contribution in [0.25, 0.3) is 0 Å². The van der Waals surface area contributed by atoms with Gasteiger partial charge in [0, 0.05) is 17.0 Å². The lowest BCUT2D eigenvalue weighted by Gasteiger charge is -2.24. The SMILES string of the molecule is Cc1c(Cl)ccc2c1NC(=O)[C@@]21[NH2+][C@@H](Cc2ccccc2)[C@H]2C(=O)NC(=O)[C@H]21. The second-order valence-corrected chi connectivity index (χ2v) is 8.20. The van der Waals surface area contributed by atoms with Gasteiger partial charge in [-0.2, -0.15) is 0 Å². The van der Waals surface area contributed by atoms with Crippen LogP contribution in [0.15, 0.2) is 42.5 Å². The van der Waals surface area contributed by atoms with E-state index in [1.54, 1.807) is 12.1 Å². The van der Waals surface area contributed by atoms with E-state index in [1.807, 2.05) is 42.6 Å². The minimum absolute atomic E-state index is 0.216. The molecule has 0 aromatic heterocycles. The second-order valence-electron chi connectivity index (χ2n) is 7.80. The van der Waals surface area contributed by atoms with Crippen LogP contribution in [-0.4, -0.2) is 23.8 Å². The Kier molecular flexibility index (Phi) is 3.66. The predicted molar refractivity (Wildman–Crippen MR) is 102 cm³/mol. The Labute approximate surface area is 166 Å². The van der Waals surface area contributed by atoms with Crippen molar-refractivity contribution in [2.75, 3.05) is 5.32 Å². The molecule has 6 nitrogen and oxygen atoms in total. The number of nitrogens with one attached hydrogen (secondary N) is 2. The van der Waals surface area contributed by atoms with Gasteiger partial charge in [-0.05, 0) is 30.2 Å². The summed E-state index contributed by atoms with van der Waals surface area (Å²) < 4.78 is 0. The van der Waals surface area contributed by atoms with Gasteiger partial charge in [-0.15, -0.1) is 0 Å². The van der Waals surface area contributed by atoms with Crippen molar-refractivity contribution >= 4 is 35.0 Å². The minimum atomic E-state index is -1.15. The van der Waals surface area contributed by atoms with E-state index in [-0.39, 0.29) is 23.8 Å². The van der Waals surface area contributed by atoms with Crippen molar-refractivity contribution in [2.45, 2.75) is 24.9 Å². The van der Waals surface area contributed by atoms with Crippen LogP contribution in [0.1, 0.15) is 16.7 Å². The number of fused-ring (bicyclic) bond motifs is 4. The monoisotopic (exact) mass is 396 g/mol. The number of amides is 3. The Bertz CT molecular complexity index is 1040. The third-order valence-electron chi connectivity index (χ3n) is 6.39. The highest BCUT2D eigenvalue weighted by molar-refractivity contribution is 6.32. The van der Waals surface area contributed by atoms with Gasteiger partial charge in [0.25, 0.3) is 5.91 Å². The molecular formula is C21H19ClN3O3+. The lowest BCUT2D eigenvalue weighted by Crippen LogP contribution is -2.99. The van der Waals surface area contributed by atoms with E-state index in [1.165, 1.54) is 0 Å². The largest absolute Gasteiger partial charge is 0.326 e. The fraction of sp³-hybridized carbons (Fsp3) is 0.286. The number of hydrogen-bond acceptors (Lipinski definition) is 3. The topological polar surface area (TPSA) is 91.9 Å². The van der Waals surface area contributed by atoms with Gasteiger partial charge in [0.05, 0.1) is 5.69 Å². The Hall–Kier alpha value is -2.70. The molecule has 2 aromatic carbocycles. The number of rotatable bonds is 2. The molecule has 28 heavy (non-hydrogen) atoms. The summed E-state index contributed by atoms with van der Waals surface area (Å²) in [5.41, 5.74) is 2.07. The Morgan fingerprint density at radius 1 is 1.04 bits per heavy atom. The van der Waals surface area contributed by atoms with Crippen molar-refractivity contribution in [3.8, 4) is 0 Å². The van der Waals surface area contributed by atoms with Crippen LogP contribution >= 0.6 is 11.6 Å². The molecule has 0 unspecified atom stereocenters. The number of anilines is 1. The average Bonchev–Trinajstić information content (AvgIpc) is 3.26. The zero-order valence-electron chi connectivity index (χ0n) is 15.2. The number of imide groups is 1. The molecule has 2 saturated heterocycles. The molecule has 2 fully saturated rings. The van der Waals surface area contributed by atoms with Crippen LogP contribution in [0.3, 0.4) is 0 Å². The second kappa shape index (κ2) is 5.90. The normalized spacial score (nSPS) is 30.4. The highest BCUT2D eigenvalue weighted by atomic mass is 35.5. The lowest BCUT2D eigenvalue weighted by molar-refractivity contribution is -0.733. The number of benzene rings is 2.